The van der Waals surface area contributed by atoms with Gasteiger partial charge in [0.25, 0.3) is 0 Å². The summed E-state index contributed by atoms with van der Waals surface area (Å²) in [5.41, 5.74) is 5.93. The molecule has 1 aliphatic heterocycles. The SMILES string of the molecule is Cc1nn(C)c(/C(OC(C)OC(=O)OCC(C)C)=C(/c2ccc(C(C)(C)C)cc2)C2C=N2)c1C. The van der Waals surface area contributed by atoms with Crippen LogP contribution in [0.1, 0.15) is 69.6 Å². The third-order valence-electron chi connectivity index (χ3n) is 5.72. The molecule has 1 aliphatic rings. The predicted molar refractivity (Wildman–Crippen MR) is 135 cm³/mol. The third kappa shape index (κ3) is 6.07. The van der Waals surface area contributed by atoms with Gasteiger partial charge in [0.2, 0.25) is 6.29 Å². The summed E-state index contributed by atoms with van der Waals surface area (Å²) in [5.74, 6) is 0.810. The molecule has 0 saturated carbocycles. The van der Waals surface area contributed by atoms with Crippen LogP contribution in [0, 0.1) is 19.8 Å². The Kier molecular flexibility index (Phi) is 7.54. The van der Waals surface area contributed by atoms with Gasteiger partial charge < -0.3 is 14.2 Å². The molecule has 0 saturated heterocycles. The molecule has 34 heavy (non-hydrogen) atoms. The van der Waals surface area contributed by atoms with E-state index in [1.807, 2.05) is 41.0 Å². The number of carbonyl (C=O) groups excluding carboxylic acids is 1. The van der Waals surface area contributed by atoms with E-state index in [1.165, 1.54) is 5.56 Å². The molecule has 1 aromatic heterocycles. The maximum atomic E-state index is 12.1. The van der Waals surface area contributed by atoms with Crippen LogP contribution in [0.4, 0.5) is 4.79 Å². The number of hydrogen-bond donors (Lipinski definition) is 0. The first-order valence-electron chi connectivity index (χ1n) is 11.8. The first kappa shape index (κ1) is 25.5. The van der Waals surface area contributed by atoms with E-state index in [4.69, 9.17) is 14.2 Å². The maximum absolute atomic E-state index is 12.1. The van der Waals surface area contributed by atoms with Crippen molar-refractivity contribution in [3.63, 3.8) is 0 Å². The molecule has 2 heterocycles. The average Bonchev–Trinajstić information content (AvgIpc) is 3.53. The van der Waals surface area contributed by atoms with Crippen LogP contribution < -0.4 is 0 Å². The molecule has 184 valence electrons. The second-order valence-corrected chi connectivity index (χ2v) is 10.3. The topological polar surface area (TPSA) is 74.9 Å². The second-order valence-electron chi connectivity index (χ2n) is 10.3. The van der Waals surface area contributed by atoms with Crippen LogP contribution >= 0.6 is 0 Å². The number of rotatable bonds is 8. The summed E-state index contributed by atoms with van der Waals surface area (Å²) in [4.78, 5) is 16.6. The molecular formula is C27H37N3O4. The largest absolute Gasteiger partial charge is 0.511 e. The number of aliphatic imine (C=N–C) groups is 1. The van der Waals surface area contributed by atoms with Crippen molar-refractivity contribution in [2.24, 2.45) is 18.0 Å². The second kappa shape index (κ2) is 10.0. The van der Waals surface area contributed by atoms with Gasteiger partial charge >= 0.3 is 6.16 Å². The number of aryl methyl sites for hydroxylation is 2. The first-order valence-corrected chi connectivity index (χ1v) is 11.8. The van der Waals surface area contributed by atoms with E-state index in [1.54, 1.807) is 11.6 Å². The molecule has 1 aromatic carbocycles. The molecule has 0 radical (unpaired) electrons. The highest BCUT2D eigenvalue weighted by Gasteiger charge is 2.31. The Morgan fingerprint density at radius 3 is 2.18 bits per heavy atom. The average molecular weight is 468 g/mol. The van der Waals surface area contributed by atoms with Crippen LogP contribution in [0.2, 0.25) is 0 Å². The minimum absolute atomic E-state index is 0.0479. The van der Waals surface area contributed by atoms with Gasteiger partial charge in [-0.1, -0.05) is 58.9 Å². The van der Waals surface area contributed by atoms with Crippen LogP contribution in [0.15, 0.2) is 29.3 Å². The number of hydrogen-bond acceptors (Lipinski definition) is 6. The molecule has 2 unspecified atom stereocenters. The summed E-state index contributed by atoms with van der Waals surface area (Å²) in [5, 5.41) is 4.58. The van der Waals surface area contributed by atoms with Gasteiger partial charge in [0, 0.05) is 31.3 Å². The number of benzene rings is 1. The van der Waals surface area contributed by atoms with Crippen molar-refractivity contribution in [2.75, 3.05) is 6.61 Å². The molecule has 0 bridgehead atoms. The van der Waals surface area contributed by atoms with Crippen LogP contribution in [0.5, 0.6) is 0 Å². The van der Waals surface area contributed by atoms with Crippen molar-refractivity contribution in [1.82, 2.24) is 9.78 Å². The Morgan fingerprint density at radius 1 is 1.09 bits per heavy atom. The van der Waals surface area contributed by atoms with Crippen molar-refractivity contribution in [3.8, 4) is 0 Å². The van der Waals surface area contributed by atoms with Crippen LogP contribution in [0.25, 0.3) is 11.3 Å². The standard InChI is InChI=1S/C27H37N3O4/c1-16(2)15-32-26(31)34-19(5)33-25(24-17(3)18(4)29-30(24)9)23(22-14-28-22)20-10-12-21(13-11-20)27(6,7)8/h10-14,16,19,22H,15H2,1-9H3/b25-23+. The Hall–Kier alpha value is -3.09. The highest BCUT2D eigenvalue weighted by molar-refractivity contribution is 6.04. The van der Waals surface area contributed by atoms with Crippen LogP contribution in [-0.2, 0) is 26.7 Å². The fourth-order valence-electron chi connectivity index (χ4n) is 3.70. The van der Waals surface area contributed by atoms with Crippen LogP contribution in [0.3, 0.4) is 0 Å². The van der Waals surface area contributed by atoms with Gasteiger partial charge in [0.15, 0.2) is 5.76 Å². The number of aromatic nitrogens is 2. The molecule has 2 aromatic rings. The van der Waals surface area contributed by atoms with Gasteiger partial charge in [-0.15, -0.1) is 0 Å². The Morgan fingerprint density at radius 2 is 1.71 bits per heavy atom. The Balaban J connectivity index is 2.03. The lowest BCUT2D eigenvalue weighted by atomic mass is 9.85. The van der Waals surface area contributed by atoms with E-state index in [2.05, 4.69) is 55.1 Å². The molecular weight excluding hydrogens is 430 g/mol. The summed E-state index contributed by atoms with van der Waals surface area (Å²) < 4.78 is 18.7. The van der Waals surface area contributed by atoms with Gasteiger partial charge in [-0.3, -0.25) is 9.67 Å². The van der Waals surface area contributed by atoms with Crippen molar-refractivity contribution in [3.05, 3.63) is 52.3 Å². The molecule has 0 amide bonds. The van der Waals surface area contributed by atoms with Gasteiger partial charge in [-0.2, -0.15) is 5.10 Å². The molecule has 2 atom stereocenters. The molecule has 0 aliphatic carbocycles. The molecule has 7 nitrogen and oxygen atoms in total. The lowest BCUT2D eigenvalue weighted by molar-refractivity contribution is -0.0691. The van der Waals surface area contributed by atoms with Gasteiger partial charge in [-0.05, 0) is 36.3 Å². The van der Waals surface area contributed by atoms with E-state index in [9.17, 15) is 4.79 Å². The summed E-state index contributed by atoms with van der Waals surface area (Å²) in [6.45, 7) is 16.5. The van der Waals surface area contributed by atoms with E-state index < -0.39 is 12.4 Å². The van der Waals surface area contributed by atoms with E-state index in [-0.39, 0.29) is 24.0 Å². The van der Waals surface area contributed by atoms with Gasteiger partial charge in [-0.25, -0.2) is 4.79 Å². The Labute approximate surface area is 202 Å². The maximum Gasteiger partial charge on any atom is 0.511 e. The van der Waals surface area contributed by atoms with E-state index in [0.717, 1.165) is 28.1 Å². The molecule has 3 rings (SSSR count). The highest BCUT2D eigenvalue weighted by Crippen LogP contribution is 2.37. The molecule has 0 spiro atoms. The minimum Gasteiger partial charge on any atom is -0.452 e. The zero-order valence-electron chi connectivity index (χ0n) is 21.8. The monoisotopic (exact) mass is 467 g/mol. The fourth-order valence-corrected chi connectivity index (χ4v) is 3.70. The van der Waals surface area contributed by atoms with Crippen molar-refractivity contribution in [1.29, 1.82) is 0 Å². The number of carbonyl (C=O) groups is 1. The summed E-state index contributed by atoms with van der Waals surface area (Å²) in [6.07, 6.45) is 0.265. The van der Waals surface area contributed by atoms with Crippen molar-refractivity contribution < 1.29 is 19.0 Å². The smallest absolute Gasteiger partial charge is 0.452 e. The lowest BCUT2D eigenvalue weighted by Gasteiger charge is -2.23. The molecule has 0 fully saturated rings. The zero-order valence-corrected chi connectivity index (χ0v) is 21.8. The normalized spacial score (nSPS) is 16.8. The summed E-state index contributed by atoms with van der Waals surface area (Å²) in [7, 11) is 1.88. The molecule has 7 heteroatoms. The number of ether oxygens (including phenoxy) is 3. The zero-order chi connectivity index (χ0) is 25.2. The van der Waals surface area contributed by atoms with E-state index in [0.29, 0.717) is 5.76 Å². The van der Waals surface area contributed by atoms with Crippen molar-refractivity contribution in [2.45, 2.75) is 73.1 Å². The first-order chi connectivity index (χ1) is 15.9. The summed E-state index contributed by atoms with van der Waals surface area (Å²) >= 11 is 0. The van der Waals surface area contributed by atoms with Gasteiger partial charge in [0.1, 0.15) is 11.7 Å². The van der Waals surface area contributed by atoms with Gasteiger partial charge in [0.05, 0.1) is 12.3 Å². The minimum atomic E-state index is -0.869. The Bertz CT molecular complexity index is 1080. The third-order valence-corrected chi connectivity index (χ3v) is 5.72. The number of nitrogens with zero attached hydrogens (tertiary/aromatic N) is 3. The predicted octanol–water partition coefficient (Wildman–Crippen LogP) is 5.83. The molecule has 0 N–H and O–H groups in total. The van der Waals surface area contributed by atoms with E-state index >= 15 is 0 Å². The lowest BCUT2D eigenvalue weighted by Crippen LogP contribution is -2.21. The highest BCUT2D eigenvalue weighted by atomic mass is 16.8. The quantitative estimate of drug-likeness (QED) is 0.277. The van der Waals surface area contributed by atoms with Crippen molar-refractivity contribution >= 4 is 23.7 Å². The van der Waals surface area contributed by atoms with Crippen LogP contribution in [-0.4, -0.2) is 41.1 Å². The fraction of sp³-hybridized carbons (Fsp3) is 0.519. The summed E-state index contributed by atoms with van der Waals surface area (Å²) in [6, 6.07) is 8.37.